The van der Waals surface area contributed by atoms with Crippen LogP contribution in [0.25, 0.3) is 11.1 Å². The Morgan fingerprint density at radius 2 is 1.24 bits per heavy atom. The SMILES string of the molecule is O=CO.OC1c2ccccc2-c2ccccc21. The Balaban J connectivity index is 0.000000329. The third-order valence-corrected chi connectivity index (χ3v) is 2.80. The molecular formula is C14H12O3. The molecule has 0 heterocycles. The Hall–Kier alpha value is -2.13. The van der Waals surface area contributed by atoms with Crippen LogP contribution < -0.4 is 0 Å². The Kier molecular flexibility index (Phi) is 3.21. The maximum Gasteiger partial charge on any atom is 0.290 e. The van der Waals surface area contributed by atoms with Gasteiger partial charge in [0.2, 0.25) is 0 Å². The first-order valence-electron chi connectivity index (χ1n) is 5.23. The van der Waals surface area contributed by atoms with Crippen LogP contribution in [0.5, 0.6) is 0 Å². The first kappa shape index (κ1) is 11.4. The summed E-state index contributed by atoms with van der Waals surface area (Å²) < 4.78 is 0. The number of aliphatic hydroxyl groups excluding tert-OH is 1. The lowest BCUT2D eigenvalue weighted by molar-refractivity contribution is -0.122. The van der Waals surface area contributed by atoms with Crippen LogP contribution in [0.4, 0.5) is 0 Å². The van der Waals surface area contributed by atoms with Crippen molar-refractivity contribution < 1.29 is 15.0 Å². The molecular weight excluding hydrogens is 216 g/mol. The van der Waals surface area contributed by atoms with Gasteiger partial charge in [0, 0.05) is 0 Å². The quantitative estimate of drug-likeness (QED) is 0.681. The van der Waals surface area contributed by atoms with Gasteiger partial charge < -0.3 is 10.2 Å². The molecule has 3 nitrogen and oxygen atoms in total. The number of fused-ring (bicyclic) bond motifs is 3. The molecule has 0 aromatic heterocycles. The van der Waals surface area contributed by atoms with Crippen LogP contribution in [0.3, 0.4) is 0 Å². The monoisotopic (exact) mass is 228 g/mol. The van der Waals surface area contributed by atoms with E-state index >= 15 is 0 Å². The van der Waals surface area contributed by atoms with Crippen molar-refractivity contribution in [1.82, 2.24) is 0 Å². The average Bonchev–Trinajstić information content (AvgIpc) is 2.66. The Morgan fingerprint density at radius 3 is 1.65 bits per heavy atom. The highest BCUT2D eigenvalue weighted by atomic mass is 16.3. The molecule has 3 rings (SSSR count). The summed E-state index contributed by atoms with van der Waals surface area (Å²) in [7, 11) is 0. The summed E-state index contributed by atoms with van der Waals surface area (Å²) >= 11 is 0. The van der Waals surface area contributed by atoms with Crippen LogP contribution in [0.1, 0.15) is 17.2 Å². The van der Waals surface area contributed by atoms with Gasteiger partial charge in [-0.2, -0.15) is 0 Å². The van der Waals surface area contributed by atoms with Gasteiger partial charge in [0.25, 0.3) is 6.47 Å². The van der Waals surface area contributed by atoms with Crippen molar-refractivity contribution in [3.05, 3.63) is 59.7 Å². The number of rotatable bonds is 0. The fourth-order valence-corrected chi connectivity index (χ4v) is 2.13. The highest BCUT2D eigenvalue weighted by molar-refractivity contribution is 5.77. The second-order valence-corrected chi connectivity index (χ2v) is 3.68. The molecule has 2 aromatic carbocycles. The number of carbonyl (C=O) groups is 1. The van der Waals surface area contributed by atoms with Gasteiger partial charge in [-0.1, -0.05) is 48.5 Å². The summed E-state index contributed by atoms with van der Waals surface area (Å²) in [6, 6.07) is 16.0. The molecule has 0 bridgehead atoms. The van der Waals surface area contributed by atoms with Gasteiger partial charge >= 0.3 is 0 Å². The van der Waals surface area contributed by atoms with E-state index in [1.54, 1.807) is 0 Å². The number of carboxylic acid groups (broad SMARTS) is 1. The van der Waals surface area contributed by atoms with Crippen molar-refractivity contribution >= 4 is 6.47 Å². The number of hydrogen-bond acceptors (Lipinski definition) is 2. The van der Waals surface area contributed by atoms with Gasteiger partial charge in [-0.05, 0) is 22.3 Å². The van der Waals surface area contributed by atoms with Crippen LogP contribution in [-0.4, -0.2) is 16.7 Å². The number of hydrogen-bond donors (Lipinski definition) is 2. The van der Waals surface area contributed by atoms with Crippen molar-refractivity contribution in [1.29, 1.82) is 0 Å². The average molecular weight is 228 g/mol. The van der Waals surface area contributed by atoms with Gasteiger partial charge in [-0.25, -0.2) is 0 Å². The molecule has 0 radical (unpaired) electrons. The Morgan fingerprint density at radius 1 is 0.882 bits per heavy atom. The second-order valence-electron chi connectivity index (χ2n) is 3.68. The van der Waals surface area contributed by atoms with Gasteiger partial charge in [-0.3, -0.25) is 4.79 Å². The lowest BCUT2D eigenvalue weighted by Crippen LogP contribution is -1.92. The maximum atomic E-state index is 10.0. The standard InChI is InChI=1S/C13H10O.CH2O2/c14-13-11-7-3-1-5-9(11)10-6-2-4-8-12(10)13;2-1-3/h1-8,13-14H;1H,(H,2,3). The van der Waals surface area contributed by atoms with E-state index in [0.29, 0.717) is 0 Å². The minimum absolute atomic E-state index is 0.250. The molecule has 1 aliphatic rings. The molecule has 0 saturated heterocycles. The van der Waals surface area contributed by atoms with Crippen molar-refractivity contribution in [2.45, 2.75) is 6.10 Å². The van der Waals surface area contributed by atoms with Crippen LogP contribution in [-0.2, 0) is 4.79 Å². The molecule has 0 spiro atoms. The summed E-state index contributed by atoms with van der Waals surface area (Å²) in [6.07, 6.45) is -0.442. The first-order chi connectivity index (χ1) is 8.29. The lowest BCUT2D eigenvalue weighted by atomic mass is 10.1. The molecule has 2 aromatic rings. The minimum Gasteiger partial charge on any atom is -0.483 e. The number of benzene rings is 2. The Bertz CT molecular complexity index is 489. The van der Waals surface area contributed by atoms with Crippen LogP contribution in [0, 0.1) is 0 Å². The zero-order chi connectivity index (χ0) is 12.3. The van der Waals surface area contributed by atoms with Gasteiger partial charge in [0.05, 0.1) is 0 Å². The summed E-state index contributed by atoms with van der Waals surface area (Å²) in [5.41, 5.74) is 4.37. The largest absolute Gasteiger partial charge is 0.483 e. The summed E-state index contributed by atoms with van der Waals surface area (Å²) in [6.45, 7) is -0.250. The second kappa shape index (κ2) is 4.80. The van der Waals surface area contributed by atoms with Crippen LogP contribution >= 0.6 is 0 Å². The molecule has 86 valence electrons. The summed E-state index contributed by atoms with van der Waals surface area (Å²) in [5.74, 6) is 0. The van der Waals surface area contributed by atoms with Crippen molar-refractivity contribution in [3.63, 3.8) is 0 Å². The molecule has 0 amide bonds. The highest BCUT2D eigenvalue weighted by Gasteiger charge is 2.25. The predicted molar refractivity (Wildman–Crippen MR) is 64.6 cm³/mol. The van der Waals surface area contributed by atoms with Crippen molar-refractivity contribution in [3.8, 4) is 11.1 Å². The molecule has 1 aliphatic carbocycles. The van der Waals surface area contributed by atoms with Gasteiger partial charge in [0.1, 0.15) is 6.10 Å². The smallest absolute Gasteiger partial charge is 0.290 e. The Labute approximate surface area is 99.0 Å². The van der Waals surface area contributed by atoms with Crippen molar-refractivity contribution in [2.75, 3.05) is 0 Å². The van der Waals surface area contributed by atoms with Crippen LogP contribution in [0.2, 0.25) is 0 Å². The molecule has 2 N–H and O–H groups in total. The maximum absolute atomic E-state index is 10.0. The van der Waals surface area contributed by atoms with Gasteiger partial charge in [0.15, 0.2) is 0 Å². The van der Waals surface area contributed by atoms with E-state index in [2.05, 4.69) is 12.1 Å². The molecule has 17 heavy (non-hydrogen) atoms. The van der Waals surface area contributed by atoms with Crippen molar-refractivity contribution in [2.24, 2.45) is 0 Å². The van der Waals surface area contributed by atoms with E-state index in [-0.39, 0.29) is 6.47 Å². The van der Waals surface area contributed by atoms with E-state index < -0.39 is 6.10 Å². The molecule has 0 fully saturated rings. The zero-order valence-corrected chi connectivity index (χ0v) is 9.08. The zero-order valence-electron chi connectivity index (χ0n) is 9.08. The third kappa shape index (κ3) is 1.92. The molecule has 0 atom stereocenters. The summed E-state index contributed by atoms with van der Waals surface area (Å²) in [5, 5.41) is 16.9. The predicted octanol–water partition coefficient (Wildman–Crippen LogP) is 2.45. The molecule has 0 saturated carbocycles. The van der Waals surface area contributed by atoms with Gasteiger partial charge in [-0.15, -0.1) is 0 Å². The lowest BCUT2D eigenvalue weighted by Gasteiger charge is -2.03. The topological polar surface area (TPSA) is 57.5 Å². The third-order valence-electron chi connectivity index (χ3n) is 2.80. The van der Waals surface area contributed by atoms with E-state index in [1.165, 1.54) is 0 Å². The van der Waals surface area contributed by atoms with E-state index in [0.717, 1.165) is 22.3 Å². The van der Waals surface area contributed by atoms with E-state index in [9.17, 15) is 5.11 Å². The molecule has 0 unspecified atom stereocenters. The number of aliphatic hydroxyl groups is 1. The first-order valence-corrected chi connectivity index (χ1v) is 5.23. The minimum atomic E-state index is -0.442. The van der Waals surface area contributed by atoms with E-state index in [1.807, 2.05) is 36.4 Å². The van der Waals surface area contributed by atoms with E-state index in [4.69, 9.17) is 9.90 Å². The van der Waals surface area contributed by atoms with Crippen LogP contribution in [0.15, 0.2) is 48.5 Å². The molecule has 0 aliphatic heterocycles. The highest BCUT2D eigenvalue weighted by Crippen LogP contribution is 2.42. The summed E-state index contributed by atoms with van der Waals surface area (Å²) in [4.78, 5) is 8.36. The fraction of sp³-hybridized carbons (Fsp3) is 0.0714. The molecule has 3 heteroatoms. The fourth-order valence-electron chi connectivity index (χ4n) is 2.13. The normalized spacial score (nSPS) is 12.1.